The van der Waals surface area contributed by atoms with Gasteiger partial charge in [0.1, 0.15) is 6.20 Å². The summed E-state index contributed by atoms with van der Waals surface area (Å²) in [5, 5.41) is 26.1. The molecule has 0 unspecified atom stereocenters. The molecule has 1 aliphatic carbocycles. The fourth-order valence-electron chi connectivity index (χ4n) is 2.11. The highest BCUT2D eigenvalue weighted by Gasteiger charge is 2.26. The largest absolute Gasteiger partial charge is 0.361 e. The number of hydrogen-bond acceptors (Lipinski definition) is 8. The van der Waals surface area contributed by atoms with Crippen LogP contribution < -0.4 is 16.0 Å². The standard InChI is InChI=1S/C14H18N8O3/c23-12(19-10-6-17-18-7-10)2-1-5-15-14-16-8-11(22(24)25)13(21-14)20-9-3-4-9/h6-9H,1-5H2,(H,17,18)(H,19,23)(H2,15,16,20,21). The van der Waals surface area contributed by atoms with Gasteiger partial charge in [0.25, 0.3) is 0 Å². The van der Waals surface area contributed by atoms with Gasteiger partial charge in [-0.1, -0.05) is 0 Å². The molecular formula is C14H18N8O3. The Morgan fingerprint density at radius 1 is 1.40 bits per heavy atom. The molecule has 1 saturated carbocycles. The van der Waals surface area contributed by atoms with E-state index < -0.39 is 4.92 Å². The normalized spacial score (nSPS) is 13.3. The van der Waals surface area contributed by atoms with Crippen LogP contribution in [0.25, 0.3) is 0 Å². The van der Waals surface area contributed by atoms with Gasteiger partial charge < -0.3 is 16.0 Å². The summed E-state index contributed by atoms with van der Waals surface area (Å²) in [5.74, 6) is 0.399. The highest BCUT2D eigenvalue weighted by molar-refractivity contribution is 5.90. The van der Waals surface area contributed by atoms with E-state index in [4.69, 9.17) is 0 Å². The highest BCUT2D eigenvalue weighted by atomic mass is 16.6. The number of nitro groups is 1. The van der Waals surface area contributed by atoms with Crippen molar-refractivity contribution in [1.29, 1.82) is 0 Å². The molecule has 0 aliphatic heterocycles. The summed E-state index contributed by atoms with van der Waals surface area (Å²) in [6, 6.07) is 0.244. The smallest absolute Gasteiger partial charge is 0.329 e. The summed E-state index contributed by atoms with van der Waals surface area (Å²) in [7, 11) is 0. The van der Waals surface area contributed by atoms with Crippen molar-refractivity contribution in [3.63, 3.8) is 0 Å². The molecule has 11 heteroatoms. The van der Waals surface area contributed by atoms with Gasteiger partial charge in [0, 0.05) is 25.2 Å². The third-order valence-electron chi connectivity index (χ3n) is 3.53. The summed E-state index contributed by atoms with van der Waals surface area (Å²) in [6.07, 6.45) is 7.15. The van der Waals surface area contributed by atoms with E-state index in [9.17, 15) is 14.9 Å². The van der Waals surface area contributed by atoms with Crippen LogP contribution in [-0.2, 0) is 4.79 Å². The number of amides is 1. The van der Waals surface area contributed by atoms with Crippen LogP contribution in [0.15, 0.2) is 18.6 Å². The van der Waals surface area contributed by atoms with E-state index in [1.165, 1.54) is 12.4 Å². The second-order valence-corrected chi connectivity index (χ2v) is 5.67. The fraction of sp³-hybridized carbons (Fsp3) is 0.429. The van der Waals surface area contributed by atoms with Gasteiger partial charge in [0.15, 0.2) is 0 Å². The molecule has 25 heavy (non-hydrogen) atoms. The Balaban J connectivity index is 1.47. The Morgan fingerprint density at radius 3 is 2.92 bits per heavy atom. The van der Waals surface area contributed by atoms with E-state index >= 15 is 0 Å². The molecule has 2 aromatic rings. The van der Waals surface area contributed by atoms with Gasteiger partial charge in [-0.05, 0) is 19.3 Å². The highest BCUT2D eigenvalue weighted by Crippen LogP contribution is 2.29. The van der Waals surface area contributed by atoms with Crippen molar-refractivity contribution < 1.29 is 9.72 Å². The quantitative estimate of drug-likeness (QED) is 0.303. The lowest BCUT2D eigenvalue weighted by molar-refractivity contribution is -0.384. The van der Waals surface area contributed by atoms with Crippen LogP contribution in [0, 0.1) is 10.1 Å². The Morgan fingerprint density at radius 2 is 2.24 bits per heavy atom. The molecule has 1 amide bonds. The van der Waals surface area contributed by atoms with Crippen LogP contribution in [0.2, 0.25) is 0 Å². The summed E-state index contributed by atoms with van der Waals surface area (Å²) in [5.41, 5.74) is 0.476. The van der Waals surface area contributed by atoms with Crippen LogP contribution in [0.1, 0.15) is 25.7 Å². The van der Waals surface area contributed by atoms with Gasteiger partial charge in [-0.2, -0.15) is 10.1 Å². The number of H-pyrrole nitrogens is 1. The number of anilines is 3. The number of nitrogens with zero attached hydrogens (tertiary/aromatic N) is 4. The molecule has 4 N–H and O–H groups in total. The Kier molecular flexibility index (Phi) is 5.02. The Hall–Kier alpha value is -3.24. The Labute approximate surface area is 142 Å². The maximum Gasteiger partial charge on any atom is 0.329 e. The van der Waals surface area contributed by atoms with Gasteiger partial charge in [0.05, 0.1) is 16.8 Å². The van der Waals surface area contributed by atoms with Crippen LogP contribution in [0.5, 0.6) is 0 Å². The maximum absolute atomic E-state index is 11.7. The molecule has 1 aliphatic rings. The summed E-state index contributed by atoms with van der Waals surface area (Å²) in [6.45, 7) is 0.472. The van der Waals surface area contributed by atoms with Crippen molar-refractivity contribution in [2.75, 3.05) is 22.5 Å². The molecular weight excluding hydrogens is 328 g/mol. The van der Waals surface area contributed by atoms with Crippen molar-refractivity contribution in [3.05, 3.63) is 28.7 Å². The monoisotopic (exact) mass is 346 g/mol. The molecule has 3 rings (SSSR count). The Bertz CT molecular complexity index is 745. The SMILES string of the molecule is O=C(CCCNc1ncc([N+](=O)[O-])c(NC2CC2)n1)Nc1cn[nH]c1. The lowest BCUT2D eigenvalue weighted by atomic mass is 10.3. The van der Waals surface area contributed by atoms with Crippen molar-refractivity contribution in [2.45, 2.75) is 31.7 Å². The van der Waals surface area contributed by atoms with E-state index in [0.717, 1.165) is 12.8 Å². The molecule has 0 spiro atoms. The average Bonchev–Trinajstić information content (AvgIpc) is 3.25. The number of carbonyl (C=O) groups excluding carboxylic acids is 1. The molecule has 1 fully saturated rings. The van der Waals surface area contributed by atoms with Crippen molar-refractivity contribution in [1.82, 2.24) is 20.2 Å². The molecule has 0 atom stereocenters. The van der Waals surface area contributed by atoms with Gasteiger partial charge in [-0.25, -0.2) is 4.98 Å². The first-order valence-corrected chi connectivity index (χ1v) is 7.92. The predicted octanol–water partition coefficient (Wildman–Crippen LogP) is 1.51. The predicted molar refractivity (Wildman–Crippen MR) is 90.3 cm³/mol. The van der Waals surface area contributed by atoms with Crippen LogP contribution in [0.4, 0.5) is 23.1 Å². The minimum Gasteiger partial charge on any atom is -0.361 e. The minimum absolute atomic E-state index is 0.121. The first-order valence-electron chi connectivity index (χ1n) is 7.92. The minimum atomic E-state index is -0.505. The van der Waals surface area contributed by atoms with Gasteiger partial charge in [-0.15, -0.1) is 0 Å². The molecule has 11 nitrogen and oxygen atoms in total. The molecule has 2 heterocycles. The second kappa shape index (κ2) is 7.55. The first-order chi connectivity index (χ1) is 12.1. The lowest BCUT2D eigenvalue weighted by Gasteiger charge is -2.08. The number of aromatic nitrogens is 4. The van der Waals surface area contributed by atoms with Crippen LogP contribution in [-0.4, -0.2) is 43.6 Å². The van der Waals surface area contributed by atoms with E-state index in [1.54, 1.807) is 6.20 Å². The van der Waals surface area contributed by atoms with E-state index in [-0.39, 0.29) is 23.5 Å². The zero-order valence-corrected chi connectivity index (χ0v) is 13.4. The number of aromatic amines is 1. The van der Waals surface area contributed by atoms with Crippen molar-refractivity contribution in [3.8, 4) is 0 Å². The zero-order valence-electron chi connectivity index (χ0n) is 13.4. The lowest BCUT2D eigenvalue weighted by Crippen LogP contribution is -2.14. The summed E-state index contributed by atoms with van der Waals surface area (Å²) in [4.78, 5) is 30.3. The summed E-state index contributed by atoms with van der Waals surface area (Å²) >= 11 is 0. The van der Waals surface area contributed by atoms with Crippen molar-refractivity contribution in [2.24, 2.45) is 0 Å². The molecule has 2 aromatic heterocycles. The van der Waals surface area contributed by atoms with Crippen molar-refractivity contribution >= 4 is 29.0 Å². The second-order valence-electron chi connectivity index (χ2n) is 5.67. The van der Waals surface area contributed by atoms with E-state index in [2.05, 4.69) is 36.1 Å². The molecule has 0 aromatic carbocycles. The molecule has 0 saturated heterocycles. The van der Waals surface area contributed by atoms with Crippen LogP contribution >= 0.6 is 0 Å². The zero-order chi connectivity index (χ0) is 17.6. The first kappa shape index (κ1) is 16.6. The summed E-state index contributed by atoms with van der Waals surface area (Å²) < 4.78 is 0. The average molecular weight is 346 g/mol. The van der Waals surface area contributed by atoms with E-state index in [0.29, 0.717) is 31.0 Å². The van der Waals surface area contributed by atoms with Gasteiger partial charge >= 0.3 is 5.69 Å². The third kappa shape index (κ3) is 4.86. The third-order valence-corrected chi connectivity index (χ3v) is 3.53. The van der Waals surface area contributed by atoms with E-state index in [1.807, 2.05) is 0 Å². The molecule has 132 valence electrons. The maximum atomic E-state index is 11.7. The number of hydrogen-bond donors (Lipinski definition) is 4. The number of carbonyl (C=O) groups is 1. The fourth-order valence-corrected chi connectivity index (χ4v) is 2.11. The van der Waals surface area contributed by atoms with Gasteiger partial charge in [-0.3, -0.25) is 20.0 Å². The molecule has 0 radical (unpaired) electrons. The van der Waals surface area contributed by atoms with Gasteiger partial charge in [0.2, 0.25) is 17.7 Å². The topological polar surface area (TPSA) is 151 Å². The molecule has 0 bridgehead atoms. The van der Waals surface area contributed by atoms with Crippen LogP contribution in [0.3, 0.4) is 0 Å². The number of nitrogens with one attached hydrogen (secondary N) is 4. The number of rotatable bonds is 9.